The largest absolute Gasteiger partial charge is 0.396 e. The summed E-state index contributed by atoms with van der Waals surface area (Å²) in [6, 6.07) is 8.97. The lowest BCUT2D eigenvalue weighted by atomic mass is 9.82. The van der Waals surface area contributed by atoms with Gasteiger partial charge in [0, 0.05) is 18.1 Å². The number of benzene rings is 1. The molecule has 3 heteroatoms. The zero-order chi connectivity index (χ0) is 11.5. The van der Waals surface area contributed by atoms with E-state index < -0.39 is 0 Å². The SMILES string of the molecule is CC(C)(CO)[C@H](N)c1ccc(C#N)cc1. The van der Waals surface area contributed by atoms with Crippen molar-refractivity contribution in [1.82, 2.24) is 0 Å². The third-order valence-electron chi connectivity index (χ3n) is 2.65. The molecule has 0 spiro atoms. The molecule has 3 nitrogen and oxygen atoms in total. The van der Waals surface area contributed by atoms with Crippen molar-refractivity contribution in [2.45, 2.75) is 19.9 Å². The van der Waals surface area contributed by atoms with Gasteiger partial charge in [0.2, 0.25) is 0 Å². The van der Waals surface area contributed by atoms with Crippen molar-refractivity contribution in [2.75, 3.05) is 6.61 Å². The monoisotopic (exact) mass is 204 g/mol. The van der Waals surface area contributed by atoms with E-state index in [1.807, 2.05) is 26.0 Å². The molecule has 0 amide bonds. The number of hydrogen-bond acceptors (Lipinski definition) is 3. The summed E-state index contributed by atoms with van der Waals surface area (Å²) >= 11 is 0. The molecule has 0 saturated carbocycles. The second-order valence-electron chi connectivity index (χ2n) is 4.36. The van der Waals surface area contributed by atoms with Crippen LogP contribution >= 0.6 is 0 Å². The highest BCUT2D eigenvalue weighted by Crippen LogP contribution is 2.30. The Labute approximate surface area is 90.1 Å². The maximum Gasteiger partial charge on any atom is 0.0991 e. The molecule has 0 aliphatic rings. The lowest BCUT2D eigenvalue weighted by molar-refractivity contribution is 0.132. The summed E-state index contributed by atoms with van der Waals surface area (Å²) in [6.45, 7) is 3.86. The molecule has 0 fully saturated rings. The molecule has 0 aliphatic heterocycles. The third-order valence-corrected chi connectivity index (χ3v) is 2.65. The fourth-order valence-electron chi connectivity index (χ4n) is 1.31. The highest BCUT2D eigenvalue weighted by atomic mass is 16.3. The summed E-state index contributed by atoms with van der Waals surface area (Å²) in [7, 11) is 0. The smallest absolute Gasteiger partial charge is 0.0991 e. The summed E-state index contributed by atoms with van der Waals surface area (Å²) in [5, 5.41) is 17.8. The number of aliphatic hydroxyl groups is 1. The van der Waals surface area contributed by atoms with Crippen molar-refractivity contribution in [1.29, 1.82) is 5.26 Å². The van der Waals surface area contributed by atoms with E-state index in [1.165, 1.54) is 0 Å². The maximum absolute atomic E-state index is 9.19. The van der Waals surface area contributed by atoms with E-state index in [0.29, 0.717) is 5.56 Å². The average Bonchev–Trinajstić information content (AvgIpc) is 2.28. The summed E-state index contributed by atoms with van der Waals surface area (Å²) in [5.41, 5.74) is 7.24. The van der Waals surface area contributed by atoms with E-state index >= 15 is 0 Å². The van der Waals surface area contributed by atoms with Crippen molar-refractivity contribution < 1.29 is 5.11 Å². The number of nitriles is 1. The van der Waals surface area contributed by atoms with Crippen LogP contribution in [0.5, 0.6) is 0 Å². The number of rotatable bonds is 3. The van der Waals surface area contributed by atoms with Crippen molar-refractivity contribution in [3.63, 3.8) is 0 Å². The molecule has 0 aromatic heterocycles. The van der Waals surface area contributed by atoms with Crippen LogP contribution in [0.1, 0.15) is 31.0 Å². The van der Waals surface area contributed by atoms with E-state index in [4.69, 9.17) is 11.0 Å². The van der Waals surface area contributed by atoms with Crippen LogP contribution in [0, 0.1) is 16.7 Å². The summed E-state index contributed by atoms with van der Waals surface area (Å²) in [4.78, 5) is 0. The third kappa shape index (κ3) is 2.56. The molecule has 15 heavy (non-hydrogen) atoms. The molecular weight excluding hydrogens is 188 g/mol. The predicted octanol–water partition coefficient (Wildman–Crippen LogP) is 1.58. The van der Waals surface area contributed by atoms with Crippen molar-refractivity contribution in [2.24, 2.45) is 11.1 Å². The van der Waals surface area contributed by atoms with E-state index in [2.05, 4.69) is 6.07 Å². The molecular formula is C12H16N2O. The van der Waals surface area contributed by atoms with Crippen LogP contribution in [0.15, 0.2) is 24.3 Å². The Morgan fingerprint density at radius 2 is 1.93 bits per heavy atom. The number of nitrogens with zero attached hydrogens (tertiary/aromatic N) is 1. The highest BCUT2D eigenvalue weighted by molar-refractivity contribution is 5.33. The summed E-state index contributed by atoms with van der Waals surface area (Å²) < 4.78 is 0. The van der Waals surface area contributed by atoms with Crippen LogP contribution in [0.3, 0.4) is 0 Å². The Bertz CT molecular complexity index is 362. The predicted molar refractivity (Wildman–Crippen MR) is 59.0 cm³/mol. The van der Waals surface area contributed by atoms with Gasteiger partial charge in [0.25, 0.3) is 0 Å². The van der Waals surface area contributed by atoms with Gasteiger partial charge in [-0.15, -0.1) is 0 Å². The molecule has 0 heterocycles. The quantitative estimate of drug-likeness (QED) is 0.785. The van der Waals surface area contributed by atoms with Gasteiger partial charge in [-0.25, -0.2) is 0 Å². The molecule has 1 aromatic carbocycles. The van der Waals surface area contributed by atoms with Gasteiger partial charge >= 0.3 is 0 Å². The zero-order valence-electron chi connectivity index (χ0n) is 9.07. The molecule has 0 saturated heterocycles. The van der Waals surface area contributed by atoms with Gasteiger partial charge in [-0.2, -0.15) is 5.26 Å². The van der Waals surface area contributed by atoms with E-state index in [-0.39, 0.29) is 18.1 Å². The van der Waals surface area contributed by atoms with Crippen molar-refractivity contribution in [3.8, 4) is 6.07 Å². The Morgan fingerprint density at radius 1 is 1.40 bits per heavy atom. The first kappa shape index (κ1) is 11.7. The second kappa shape index (κ2) is 4.43. The molecule has 80 valence electrons. The highest BCUT2D eigenvalue weighted by Gasteiger charge is 2.26. The average molecular weight is 204 g/mol. The zero-order valence-corrected chi connectivity index (χ0v) is 9.07. The van der Waals surface area contributed by atoms with Crippen LogP contribution in [-0.2, 0) is 0 Å². The van der Waals surface area contributed by atoms with Gasteiger partial charge in [0.15, 0.2) is 0 Å². The molecule has 1 rings (SSSR count). The van der Waals surface area contributed by atoms with E-state index in [0.717, 1.165) is 5.56 Å². The van der Waals surface area contributed by atoms with Gasteiger partial charge in [0.05, 0.1) is 11.6 Å². The fourth-order valence-corrected chi connectivity index (χ4v) is 1.31. The molecule has 1 aromatic rings. The summed E-state index contributed by atoms with van der Waals surface area (Å²) in [6.07, 6.45) is 0. The minimum absolute atomic E-state index is 0.0359. The second-order valence-corrected chi connectivity index (χ2v) is 4.36. The topological polar surface area (TPSA) is 70.0 Å². The minimum atomic E-state index is -0.353. The molecule has 0 aliphatic carbocycles. The Balaban J connectivity index is 2.93. The Morgan fingerprint density at radius 3 is 2.33 bits per heavy atom. The fraction of sp³-hybridized carbons (Fsp3) is 0.417. The van der Waals surface area contributed by atoms with E-state index in [1.54, 1.807) is 12.1 Å². The Hall–Kier alpha value is -1.37. The van der Waals surface area contributed by atoms with Gasteiger partial charge < -0.3 is 10.8 Å². The van der Waals surface area contributed by atoms with Crippen LogP contribution in [-0.4, -0.2) is 11.7 Å². The van der Waals surface area contributed by atoms with Crippen LogP contribution in [0.4, 0.5) is 0 Å². The molecule has 0 unspecified atom stereocenters. The van der Waals surface area contributed by atoms with Crippen molar-refractivity contribution >= 4 is 0 Å². The minimum Gasteiger partial charge on any atom is -0.396 e. The first-order valence-corrected chi connectivity index (χ1v) is 4.88. The lowest BCUT2D eigenvalue weighted by Gasteiger charge is -2.29. The number of hydrogen-bond donors (Lipinski definition) is 2. The summed E-state index contributed by atoms with van der Waals surface area (Å²) in [5.74, 6) is 0. The normalized spacial score (nSPS) is 13.3. The lowest BCUT2D eigenvalue weighted by Crippen LogP contribution is -2.32. The van der Waals surface area contributed by atoms with Crippen molar-refractivity contribution in [3.05, 3.63) is 35.4 Å². The van der Waals surface area contributed by atoms with E-state index in [9.17, 15) is 5.11 Å². The maximum atomic E-state index is 9.19. The van der Waals surface area contributed by atoms with Crippen LogP contribution < -0.4 is 5.73 Å². The van der Waals surface area contributed by atoms with Gasteiger partial charge in [-0.05, 0) is 17.7 Å². The molecule has 0 bridgehead atoms. The standard InChI is InChI=1S/C12H16N2O/c1-12(2,8-15)11(14)10-5-3-9(7-13)4-6-10/h3-6,11,15H,8,14H2,1-2H3/t11-/m1/s1. The van der Waals surface area contributed by atoms with Gasteiger partial charge in [-0.3, -0.25) is 0 Å². The Kier molecular flexibility index (Phi) is 3.46. The molecule has 3 N–H and O–H groups in total. The molecule has 0 radical (unpaired) electrons. The number of nitrogens with two attached hydrogens (primary N) is 1. The first-order valence-electron chi connectivity index (χ1n) is 4.88. The number of aliphatic hydroxyl groups excluding tert-OH is 1. The van der Waals surface area contributed by atoms with Crippen LogP contribution in [0.25, 0.3) is 0 Å². The van der Waals surface area contributed by atoms with Crippen LogP contribution in [0.2, 0.25) is 0 Å². The van der Waals surface area contributed by atoms with Gasteiger partial charge in [-0.1, -0.05) is 26.0 Å². The first-order chi connectivity index (χ1) is 7.01. The van der Waals surface area contributed by atoms with Gasteiger partial charge in [0.1, 0.15) is 0 Å². The molecule has 1 atom stereocenters.